The summed E-state index contributed by atoms with van der Waals surface area (Å²) in [6.07, 6.45) is 14.4. The highest BCUT2D eigenvalue weighted by Gasteiger charge is 2.29. The lowest BCUT2D eigenvalue weighted by atomic mass is 9.89. The van der Waals surface area contributed by atoms with Gasteiger partial charge in [0, 0.05) is 23.9 Å². The lowest BCUT2D eigenvalue weighted by Crippen LogP contribution is -2.42. The fourth-order valence-corrected chi connectivity index (χ4v) is 5.07. The van der Waals surface area contributed by atoms with E-state index >= 15 is 0 Å². The van der Waals surface area contributed by atoms with E-state index in [0.717, 1.165) is 60.1 Å². The Hall–Kier alpha value is -3.56. The maximum absolute atomic E-state index is 9.86. The Balaban J connectivity index is 1.48. The normalized spacial score (nSPS) is 24.2. The molecule has 1 atom stereocenters. The molecule has 0 radical (unpaired) electrons. The summed E-state index contributed by atoms with van der Waals surface area (Å²) in [5.74, 6) is 0.791. The number of aliphatic imine (C=N–C) groups is 3. The number of hydrogen-bond acceptors (Lipinski definition) is 6. The van der Waals surface area contributed by atoms with Crippen LogP contribution in [-0.4, -0.2) is 48.9 Å². The topological polar surface area (TPSA) is 73.3 Å². The Morgan fingerprint density at radius 3 is 2.88 bits per heavy atom. The molecule has 7 bridgehead atoms. The van der Waals surface area contributed by atoms with E-state index in [4.69, 9.17) is 9.73 Å². The fourth-order valence-electron chi connectivity index (χ4n) is 5.07. The molecule has 2 aromatic rings. The summed E-state index contributed by atoms with van der Waals surface area (Å²) in [5.41, 5.74) is 4.29. The SMILES string of the molecule is N#Cc1c2cc3ccc4cc3c1N=CC(=C2)N=CC1C=NCN1C1CCC(=CCO4)CC1. The first kappa shape index (κ1) is 19.1. The second-order valence-electron chi connectivity index (χ2n) is 8.67. The molecule has 0 amide bonds. The van der Waals surface area contributed by atoms with Gasteiger partial charge >= 0.3 is 0 Å². The molecule has 5 aliphatic rings. The van der Waals surface area contributed by atoms with Gasteiger partial charge < -0.3 is 4.74 Å². The number of hydrogen-bond donors (Lipinski definition) is 0. The third-order valence-corrected chi connectivity index (χ3v) is 6.81. The Morgan fingerprint density at radius 1 is 1.09 bits per heavy atom. The summed E-state index contributed by atoms with van der Waals surface area (Å²) in [5, 5.41) is 11.8. The second kappa shape index (κ2) is 7.85. The minimum Gasteiger partial charge on any atom is -0.490 e. The average molecular weight is 422 g/mol. The Kier molecular flexibility index (Phi) is 4.70. The average Bonchev–Trinajstić information content (AvgIpc) is 3.24. The molecule has 32 heavy (non-hydrogen) atoms. The van der Waals surface area contributed by atoms with E-state index in [2.05, 4.69) is 27.0 Å². The monoisotopic (exact) mass is 421 g/mol. The molecule has 158 valence electrons. The van der Waals surface area contributed by atoms with Gasteiger partial charge in [-0.05, 0) is 67.0 Å². The highest BCUT2D eigenvalue weighted by atomic mass is 16.5. The van der Waals surface area contributed by atoms with Gasteiger partial charge in [-0.3, -0.25) is 19.9 Å². The van der Waals surface area contributed by atoms with Gasteiger partial charge in [-0.15, -0.1) is 0 Å². The zero-order valence-corrected chi connectivity index (χ0v) is 17.7. The quantitative estimate of drug-likeness (QED) is 0.573. The van der Waals surface area contributed by atoms with E-state index in [9.17, 15) is 5.26 Å². The Morgan fingerprint density at radius 2 is 2.00 bits per heavy atom. The summed E-state index contributed by atoms with van der Waals surface area (Å²) in [4.78, 5) is 16.4. The van der Waals surface area contributed by atoms with Gasteiger partial charge in [0.1, 0.15) is 18.4 Å². The van der Waals surface area contributed by atoms with Crippen LogP contribution in [0.3, 0.4) is 0 Å². The van der Waals surface area contributed by atoms with Crippen molar-refractivity contribution in [2.45, 2.75) is 37.8 Å². The van der Waals surface area contributed by atoms with Crippen molar-refractivity contribution in [2.24, 2.45) is 15.0 Å². The Labute approximate surface area is 187 Å². The summed E-state index contributed by atoms with van der Waals surface area (Å²) in [6.45, 7) is 1.28. The molecule has 0 saturated heterocycles. The molecule has 6 heteroatoms. The van der Waals surface area contributed by atoms with Crippen LogP contribution < -0.4 is 4.74 Å². The molecule has 1 unspecified atom stereocenters. The highest BCUT2D eigenvalue weighted by molar-refractivity contribution is 6.04. The van der Waals surface area contributed by atoms with Crippen LogP contribution in [-0.2, 0) is 0 Å². The number of ether oxygens (including phenoxy) is 1. The third-order valence-electron chi connectivity index (χ3n) is 6.81. The largest absolute Gasteiger partial charge is 0.490 e. The van der Waals surface area contributed by atoms with Crippen LogP contribution in [0.2, 0.25) is 0 Å². The maximum atomic E-state index is 9.86. The number of allylic oxidation sites excluding steroid dienone is 2. The fraction of sp³-hybridized carbons (Fsp3) is 0.308. The van der Waals surface area contributed by atoms with Gasteiger partial charge in [0.15, 0.2) is 0 Å². The molecular formula is C26H23N5O. The summed E-state index contributed by atoms with van der Waals surface area (Å²) < 4.78 is 6.07. The molecule has 0 N–H and O–H groups in total. The van der Waals surface area contributed by atoms with Gasteiger partial charge in [-0.25, -0.2) is 0 Å². The smallest absolute Gasteiger partial charge is 0.120 e. The number of rotatable bonds is 0. The molecule has 1 saturated carbocycles. The predicted octanol–water partition coefficient (Wildman–Crippen LogP) is 4.81. The maximum Gasteiger partial charge on any atom is 0.120 e. The molecule has 2 aromatic carbocycles. The van der Waals surface area contributed by atoms with Gasteiger partial charge in [0.2, 0.25) is 0 Å². The van der Waals surface area contributed by atoms with Crippen LogP contribution in [0.1, 0.15) is 36.8 Å². The van der Waals surface area contributed by atoms with Gasteiger partial charge in [-0.2, -0.15) is 5.26 Å². The van der Waals surface area contributed by atoms with Crippen LogP contribution in [0.5, 0.6) is 5.75 Å². The minimum absolute atomic E-state index is 0.0884. The van der Waals surface area contributed by atoms with Crippen molar-refractivity contribution < 1.29 is 4.74 Å². The van der Waals surface area contributed by atoms with E-state index < -0.39 is 0 Å². The Bertz CT molecular complexity index is 1280. The molecule has 1 aliphatic carbocycles. The zero-order valence-electron chi connectivity index (χ0n) is 17.7. The van der Waals surface area contributed by atoms with Crippen molar-refractivity contribution >= 4 is 41.2 Å². The lowest BCUT2D eigenvalue weighted by Gasteiger charge is -2.34. The summed E-state index contributed by atoms with van der Waals surface area (Å²) >= 11 is 0. The first-order valence-corrected chi connectivity index (χ1v) is 11.2. The van der Waals surface area contributed by atoms with Crippen molar-refractivity contribution in [3.05, 3.63) is 52.7 Å². The van der Waals surface area contributed by atoms with Crippen LogP contribution in [0, 0.1) is 11.3 Å². The van der Waals surface area contributed by atoms with Crippen LogP contribution >= 0.6 is 0 Å². The van der Waals surface area contributed by atoms with Crippen LogP contribution in [0.15, 0.2) is 56.6 Å². The predicted molar refractivity (Wildman–Crippen MR) is 128 cm³/mol. The van der Waals surface area contributed by atoms with Gasteiger partial charge in [0.25, 0.3) is 0 Å². The molecule has 1 fully saturated rings. The zero-order chi connectivity index (χ0) is 21.5. The van der Waals surface area contributed by atoms with Gasteiger partial charge in [0.05, 0.1) is 35.9 Å². The molecule has 6 nitrogen and oxygen atoms in total. The van der Waals surface area contributed by atoms with E-state index in [-0.39, 0.29) is 6.04 Å². The van der Waals surface area contributed by atoms with E-state index in [1.165, 1.54) is 5.57 Å². The molecule has 4 aliphatic heterocycles. The van der Waals surface area contributed by atoms with E-state index in [0.29, 0.717) is 23.9 Å². The third kappa shape index (κ3) is 3.35. The summed E-state index contributed by atoms with van der Waals surface area (Å²) in [6, 6.07) is 11.0. The molecule has 0 spiro atoms. The molecule has 4 heterocycles. The van der Waals surface area contributed by atoms with Crippen molar-refractivity contribution in [1.82, 2.24) is 4.90 Å². The van der Waals surface area contributed by atoms with E-state index in [1.54, 1.807) is 6.21 Å². The van der Waals surface area contributed by atoms with Crippen molar-refractivity contribution in [2.75, 3.05) is 13.3 Å². The molecule has 0 aromatic heterocycles. The number of benzene rings is 2. The first-order chi connectivity index (χ1) is 15.8. The van der Waals surface area contributed by atoms with Crippen molar-refractivity contribution in [1.29, 1.82) is 5.26 Å². The minimum atomic E-state index is 0.0884. The standard InChI is InChI=1S/C26H23N5O/c27-12-25-19-9-18-3-6-23-11-24(18)26(25)30-13-20(10-19)29-15-22-14-28-16-31(22)21-4-1-17(2-5-21)7-8-32-23/h3,6-7,9-11,13-15,21-22H,1-2,4-5,8,16H2. The number of fused-ring (bicyclic) bond motifs is 5. The van der Waals surface area contributed by atoms with Crippen LogP contribution in [0.4, 0.5) is 5.69 Å². The first-order valence-electron chi connectivity index (χ1n) is 11.2. The lowest BCUT2D eigenvalue weighted by molar-refractivity contribution is 0.191. The van der Waals surface area contributed by atoms with Crippen molar-refractivity contribution in [3.8, 4) is 11.8 Å². The molecular weight excluding hydrogens is 398 g/mol. The second-order valence-corrected chi connectivity index (χ2v) is 8.67. The summed E-state index contributed by atoms with van der Waals surface area (Å²) in [7, 11) is 0. The van der Waals surface area contributed by atoms with E-state index in [1.807, 2.05) is 42.8 Å². The van der Waals surface area contributed by atoms with Crippen molar-refractivity contribution in [3.63, 3.8) is 0 Å². The van der Waals surface area contributed by atoms with Crippen LogP contribution in [0.25, 0.3) is 16.8 Å². The number of nitriles is 1. The number of nitrogens with zero attached hydrogens (tertiary/aromatic N) is 5. The highest BCUT2D eigenvalue weighted by Crippen LogP contribution is 2.37. The van der Waals surface area contributed by atoms with Gasteiger partial charge in [-0.1, -0.05) is 11.6 Å². The molecule has 7 rings (SSSR count).